The van der Waals surface area contributed by atoms with Crippen LogP contribution >= 0.6 is 0 Å². The highest BCUT2D eigenvalue weighted by atomic mass is 19.3. The number of alkyl halides is 2. The number of anilines is 2. The van der Waals surface area contributed by atoms with E-state index in [1.165, 1.54) is 35.1 Å². The molecule has 2 aromatic rings. The third-order valence-corrected chi connectivity index (χ3v) is 5.08. The van der Waals surface area contributed by atoms with Gasteiger partial charge in [0, 0.05) is 25.0 Å². The summed E-state index contributed by atoms with van der Waals surface area (Å²) in [6, 6.07) is 6.85. The van der Waals surface area contributed by atoms with E-state index in [0.717, 1.165) is 4.90 Å². The molecule has 1 aromatic carbocycles. The van der Waals surface area contributed by atoms with Crippen molar-refractivity contribution in [3.05, 3.63) is 41.8 Å². The molecule has 1 saturated heterocycles. The van der Waals surface area contributed by atoms with Gasteiger partial charge in [0.15, 0.2) is 12.4 Å². The number of nitrogens with two attached hydrogens (primary N) is 1. The SMILES string of the molecule is N#C[C@@H]1CN(C(=O)OCC(F)(F)CO)CC[C@@H]1n1cc(C(N)=O)c(Nc2ccc(F)cc2)n1. The second-order valence-electron chi connectivity index (χ2n) is 7.47. The second-order valence-corrected chi connectivity index (χ2v) is 7.47. The van der Waals surface area contributed by atoms with Crippen molar-refractivity contribution >= 4 is 23.5 Å². The highest BCUT2D eigenvalue weighted by molar-refractivity contribution is 5.98. The average Bonchev–Trinajstić information content (AvgIpc) is 3.22. The molecule has 1 aromatic heterocycles. The quantitative estimate of drug-likeness (QED) is 0.566. The molecule has 0 spiro atoms. The number of ether oxygens (including phenoxy) is 1. The number of piperidine rings is 1. The molecule has 0 bridgehead atoms. The van der Waals surface area contributed by atoms with Crippen molar-refractivity contribution in [2.75, 3.05) is 31.6 Å². The predicted molar refractivity (Wildman–Crippen MR) is 108 cm³/mol. The average molecular weight is 466 g/mol. The maximum atomic E-state index is 13.1. The monoisotopic (exact) mass is 466 g/mol. The number of nitrogens with zero attached hydrogens (tertiary/aromatic N) is 4. The van der Waals surface area contributed by atoms with E-state index in [0.29, 0.717) is 5.69 Å². The van der Waals surface area contributed by atoms with Crippen molar-refractivity contribution in [2.45, 2.75) is 18.4 Å². The fourth-order valence-electron chi connectivity index (χ4n) is 3.36. The lowest BCUT2D eigenvalue weighted by molar-refractivity contribution is -0.0942. The van der Waals surface area contributed by atoms with Gasteiger partial charge in [-0.1, -0.05) is 0 Å². The van der Waals surface area contributed by atoms with Gasteiger partial charge in [-0.2, -0.15) is 10.4 Å². The van der Waals surface area contributed by atoms with Gasteiger partial charge in [-0.25, -0.2) is 18.0 Å². The summed E-state index contributed by atoms with van der Waals surface area (Å²) in [6.45, 7) is -2.77. The normalized spacial score (nSPS) is 18.5. The summed E-state index contributed by atoms with van der Waals surface area (Å²) in [7, 11) is 0. The van der Waals surface area contributed by atoms with Gasteiger partial charge in [0.25, 0.3) is 5.91 Å². The predicted octanol–water partition coefficient (Wildman–Crippen LogP) is 2.02. The Morgan fingerprint density at radius 2 is 2.06 bits per heavy atom. The number of aliphatic hydroxyl groups excluding tert-OH is 1. The number of carbonyl (C=O) groups is 2. The fourth-order valence-corrected chi connectivity index (χ4v) is 3.36. The first-order valence-corrected chi connectivity index (χ1v) is 9.85. The first-order chi connectivity index (χ1) is 15.6. The molecule has 13 heteroatoms. The number of likely N-dealkylation sites (tertiary alicyclic amines) is 1. The molecule has 2 heterocycles. The Morgan fingerprint density at radius 3 is 2.67 bits per heavy atom. The van der Waals surface area contributed by atoms with Gasteiger partial charge in [-0.3, -0.25) is 9.48 Å². The number of aromatic nitrogens is 2. The largest absolute Gasteiger partial charge is 0.443 e. The Bertz CT molecular complexity index is 1050. The van der Waals surface area contributed by atoms with Crippen molar-refractivity contribution in [3.63, 3.8) is 0 Å². The van der Waals surface area contributed by atoms with Crippen molar-refractivity contribution in [1.29, 1.82) is 5.26 Å². The van der Waals surface area contributed by atoms with Gasteiger partial charge >= 0.3 is 12.0 Å². The molecular weight excluding hydrogens is 445 g/mol. The minimum atomic E-state index is -3.56. The second kappa shape index (κ2) is 9.78. The van der Waals surface area contributed by atoms with E-state index in [9.17, 15) is 28.0 Å². The summed E-state index contributed by atoms with van der Waals surface area (Å²) in [5.41, 5.74) is 5.94. The number of hydrogen-bond donors (Lipinski definition) is 3. The summed E-state index contributed by atoms with van der Waals surface area (Å²) < 4.78 is 45.3. The molecule has 33 heavy (non-hydrogen) atoms. The number of primary amides is 1. The van der Waals surface area contributed by atoms with Gasteiger partial charge in [0.2, 0.25) is 0 Å². The van der Waals surface area contributed by atoms with Gasteiger partial charge in [-0.15, -0.1) is 0 Å². The van der Waals surface area contributed by atoms with Crippen molar-refractivity contribution in [3.8, 4) is 6.07 Å². The molecule has 0 unspecified atom stereocenters. The number of benzene rings is 1. The number of aliphatic hydroxyl groups is 1. The number of nitriles is 1. The molecule has 1 fully saturated rings. The fraction of sp³-hybridized carbons (Fsp3) is 0.400. The Morgan fingerprint density at radius 1 is 1.36 bits per heavy atom. The summed E-state index contributed by atoms with van der Waals surface area (Å²) in [4.78, 5) is 25.1. The van der Waals surface area contributed by atoms with E-state index in [2.05, 4.69) is 21.2 Å². The molecule has 2 amide bonds. The van der Waals surface area contributed by atoms with Crippen LogP contribution in [0.1, 0.15) is 22.8 Å². The number of amides is 2. The smallest absolute Gasteiger partial charge is 0.410 e. The zero-order valence-electron chi connectivity index (χ0n) is 17.2. The Labute approximate surface area is 186 Å². The number of hydrogen-bond acceptors (Lipinski definition) is 7. The van der Waals surface area contributed by atoms with E-state index >= 15 is 0 Å². The molecule has 1 aliphatic heterocycles. The number of halogens is 3. The summed E-state index contributed by atoms with van der Waals surface area (Å²) in [5, 5.41) is 25.4. The van der Waals surface area contributed by atoms with E-state index in [1.54, 1.807) is 0 Å². The number of nitrogens with one attached hydrogen (secondary N) is 1. The Kier molecular flexibility index (Phi) is 7.07. The standard InChI is InChI=1S/C20H21F3N6O4/c21-13-1-3-14(4-2-13)26-18-15(17(25)31)9-29(27-18)16-5-6-28(8-12(16)7-24)19(32)33-11-20(22,23)10-30/h1-4,9,12,16,30H,5-6,8,10-11H2,(H2,25,31)(H,26,27)/t12-,16+/m1/s1. The van der Waals surface area contributed by atoms with Crippen LogP contribution in [-0.4, -0.2) is 64.0 Å². The third-order valence-electron chi connectivity index (χ3n) is 5.08. The topological polar surface area (TPSA) is 146 Å². The van der Waals surface area contributed by atoms with Crippen LogP contribution in [0.2, 0.25) is 0 Å². The van der Waals surface area contributed by atoms with Crippen LogP contribution in [-0.2, 0) is 4.74 Å². The maximum absolute atomic E-state index is 13.1. The highest BCUT2D eigenvalue weighted by Crippen LogP contribution is 2.30. The van der Waals surface area contributed by atoms with Crippen molar-refractivity contribution in [1.82, 2.24) is 14.7 Å². The molecule has 1 aliphatic rings. The van der Waals surface area contributed by atoms with Gasteiger partial charge in [-0.05, 0) is 30.7 Å². The minimum Gasteiger partial charge on any atom is -0.443 e. The minimum absolute atomic E-state index is 0.0455. The third kappa shape index (κ3) is 5.72. The molecular formula is C20H21F3N6O4. The van der Waals surface area contributed by atoms with E-state index in [1.807, 2.05) is 0 Å². The molecule has 10 nitrogen and oxygen atoms in total. The van der Waals surface area contributed by atoms with Crippen LogP contribution in [0.3, 0.4) is 0 Å². The summed E-state index contributed by atoms with van der Waals surface area (Å²) in [6.07, 6.45) is 0.567. The van der Waals surface area contributed by atoms with Gasteiger partial charge in [0.1, 0.15) is 18.0 Å². The first-order valence-electron chi connectivity index (χ1n) is 9.85. The van der Waals surface area contributed by atoms with Crippen LogP contribution in [0.15, 0.2) is 30.5 Å². The van der Waals surface area contributed by atoms with Crippen molar-refractivity contribution < 1.29 is 32.6 Å². The van der Waals surface area contributed by atoms with Crippen molar-refractivity contribution in [2.24, 2.45) is 11.7 Å². The van der Waals surface area contributed by atoms with Crippen LogP contribution in [0, 0.1) is 23.1 Å². The molecule has 4 N–H and O–H groups in total. The Balaban J connectivity index is 1.74. The maximum Gasteiger partial charge on any atom is 0.410 e. The lowest BCUT2D eigenvalue weighted by Gasteiger charge is -2.35. The summed E-state index contributed by atoms with van der Waals surface area (Å²) in [5.74, 6) is -5.45. The molecule has 2 atom stereocenters. The zero-order chi connectivity index (χ0) is 24.2. The zero-order valence-corrected chi connectivity index (χ0v) is 17.2. The summed E-state index contributed by atoms with van der Waals surface area (Å²) >= 11 is 0. The molecule has 3 rings (SSSR count). The van der Waals surface area contributed by atoms with E-state index in [4.69, 9.17) is 10.8 Å². The molecule has 0 saturated carbocycles. The van der Waals surface area contributed by atoms with Crippen LogP contribution in [0.4, 0.5) is 29.5 Å². The van der Waals surface area contributed by atoms with E-state index in [-0.39, 0.29) is 30.9 Å². The first kappa shape index (κ1) is 23.9. The van der Waals surface area contributed by atoms with Gasteiger partial charge in [0.05, 0.1) is 18.0 Å². The molecule has 176 valence electrons. The number of carbonyl (C=O) groups excluding carboxylic acids is 2. The Hall–Kier alpha value is -3.79. The lowest BCUT2D eigenvalue weighted by atomic mass is 9.94. The highest BCUT2D eigenvalue weighted by Gasteiger charge is 2.36. The van der Waals surface area contributed by atoms with Crippen LogP contribution < -0.4 is 11.1 Å². The lowest BCUT2D eigenvalue weighted by Crippen LogP contribution is -2.45. The van der Waals surface area contributed by atoms with Gasteiger partial charge < -0.3 is 25.8 Å². The molecule has 0 aliphatic carbocycles. The van der Waals surface area contributed by atoms with Crippen LogP contribution in [0.25, 0.3) is 0 Å². The molecule has 0 radical (unpaired) electrons. The van der Waals surface area contributed by atoms with Crippen LogP contribution in [0.5, 0.6) is 0 Å². The van der Waals surface area contributed by atoms with E-state index < -0.39 is 48.9 Å². The number of rotatable bonds is 7.